The van der Waals surface area contributed by atoms with Gasteiger partial charge >= 0.3 is 0 Å². The average Bonchev–Trinajstić information content (AvgIpc) is 2.28. The lowest BCUT2D eigenvalue weighted by Gasteiger charge is -2.26. The number of aliphatic hydroxyl groups is 1. The molecule has 0 bridgehead atoms. The van der Waals surface area contributed by atoms with Gasteiger partial charge < -0.3 is 10.4 Å². The van der Waals surface area contributed by atoms with E-state index in [1.807, 2.05) is 12.1 Å². The standard InChI is InChI=1S/C12H17NO3S/c1-9(14)8-13-11-6-7-17(15,16)12-5-3-2-4-10(11)12/h2-5,9,11,13-14H,6-8H2,1H3. The molecule has 0 saturated heterocycles. The number of hydrogen-bond acceptors (Lipinski definition) is 4. The summed E-state index contributed by atoms with van der Waals surface area (Å²) in [5.41, 5.74) is 0.819. The fourth-order valence-corrected chi connectivity index (χ4v) is 3.74. The zero-order valence-electron chi connectivity index (χ0n) is 9.76. The highest BCUT2D eigenvalue weighted by atomic mass is 32.2. The summed E-state index contributed by atoms with van der Waals surface area (Å²) in [5, 5.41) is 12.5. The van der Waals surface area contributed by atoms with Gasteiger partial charge in [0.15, 0.2) is 9.84 Å². The molecule has 0 saturated carbocycles. The van der Waals surface area contributed by atoms with E-state index in [1.165, 1.54) is 0 Å². The first-order valence-electron chi connectivity index (χ1n) is 5.74. The minimum absolute atomic E-state index is 0.0179. The van der Waals surface area contributed by atoms with Crippen molar-refractivity contribution in [3.8, 4) is 0 Å². The molecular weight excluding hydrogens is 238 g/mol. The Morgan fingerprint density at radius 2 is 2.18 bits per heavy atom. The van der Waals surface area contributed by atoms with Gasteiger partial charge in [0.1, 0.15) is 0 Å². The van der Waals surface area contributed by atoms with E-state index in [9.17, 15) is 13.5 Å². The summed E-state index contributed by atoms with van der Waals surface area (Å²) in [5.74, 6) is 0.168. The third kappa shape index (κ3) is 2.68. The second-order valence-electron chi connectivity index (χ2n) is 4.46. The SMILES string of the molecule is CC(O)CNC1CCS(=O)(=O)c2ccccc21. The van der Waals surface area contributed by atoms with Crippen LogP contribution in [0.3, 0.4) is 0 Å². The smallest absolute Gasteiger partial charge is 0.178 e. The molecule has 0 spiro atoms. The van der Waals surface area contributed by atoms with Crippen molar-refractivity contribution in [3.63, 3.8) is 0 Å². The van der Waals surface area contributed by atoms with Gasteiger partial charge in [0.05, 0.1) is 16.8 Å². The van der Waals surface area contributed by atoms with Crippen molar-refractivity contribution >= 4 is 9.84 Å². The van der Waals surface area contributed by atoms with Crippen LogP contribution in [0.5, 0.6) is 0 Å². The maximum Gasteiger partial charge on any atom is 0.178 e. The Morgan fingerprint density at radius 1 is 1.47 bits per heavy atom. The highest BCUT2D eigenvalue weighted by Gasteiger charge is 2.29. The summed E-state index contributed by atoms with van der Waals surface area (Å²) < 4.78 is 23.8. The van der Waals surface area contributed by atoms with Gasteiger partial charge in [-0.25, -0.2) is 8.42 Å². The molecule has 1 aliphatic heterocycles. The second kappa shape index (κ2) is 4.76. The van der Waals surface area contributed by atoms with Gasteiger partial charge in [-0.05, 0) is 25.0 Å². The minimum Gasteiger partial charge on any atom is -0.392 e. The largest absolute Gasteiger partial charge is 0.392 e. The van der Waals surface area contributed by atoms with Gasteiger partial charge in [0.2, 0.25) is 0 Å². The van der Waals surface area contributed by atoms with Gasteiger partial charge in [-0.15, -0.1) is 0 Å². The summed E-state index contributed by atoms with van der Waals surface area (Å²) >= 11 is 0. The van der Waals surface area contributed by atoms with Crippen LogP contribution in [0.15, 0.2) is 29.2 Å². The van der Waals surface area contributed by atoms with E-state index < -0.39 is 15.9 Å². The Bertz CT molecular complexity index is 496. The summed E-state index contributed by atoms with van der Waals surface area (Å²) in [7, 11) is -3.12. The van der Waals surface area contributed by atoms with Gasteiger partial charge in [0, 0.05) is 12.6 Å². The first-order valence-corrected chi connectivity index (χ1v) is 7.39. The zero-order valence-corrected chi connectivity index (χ0v) is 10.6. The van der Waals surface area contributed by atoms with Crippen LogP contribution >= 0.6 is 0 Å². The molecule has 0 radical (unpaired) electrons. The molecule has 1 aromatic carbocycles. The van der Waals surface area contributed by atoms with Crippen LogP contribution in [0.4, 0.5) is 0 Å². The molecular formula is C12H17NO3S. The third-order valence-corrected chi connectivity index (χ3v) is 4.78. The molecule has 2 unspecified atom stereocenters. The Hall–Kier alpha value is -0.910. The van der Waals surface area contributed by atoms with E-state index in [-0.39, 0.29) is 11.8 Å². The number of rotatable bonds is 3. The van der Waals surface area contributed by atoms with Crippen LogP contribution in [0.25, 0.3) is 0 Å². The molecule has 0 amide bonds. The molecule has 1 aliphatic rings. The molecule has 0 aliphatic carbocycles. The van der Waals surface area contributed by atoms with Crippen molar-refractivity contribution < 1.29 is 13.5 Å². The van der Waals surface area contributed by atoms with E-state index >= 15 is 0 Å². The van der Waals surface area contributed by atoms with E-state index in [0.717, 1.165) is 5.56 Å². The fourth-order valence-electron chi connectivity index (χ4n) is 2.11. The maximum absolute atomic E-state index is 11.9. The van der Waals surface area contributed by atoms with Crippen LogP contribution in [0, 0.1) is 0 Å². The molecule has 5 heteroatoms. The third-order valence-electron chi connectivity index (χ3n) is 2.96. The van der Waals surface area contributed by atoms with Crippen LogP contribution in [-0.4, -0.2) is 31.9 Å². The monoisotopic (exact) mass is 255 g/mol. The molecule has 17 heavy (non-hydrogen) atoms. The van der Waals surface area contributed by atoms with E-state index in [0.29, 0.717) is 17.9 Å². The topological polar surface area (TPSA) is 66.4 Å². The Kier molecular flexibility index (Phi) is 3.51. The molecule has 1 aromatic rings. The predicted octanol–water partition coefficient (Wildman–Crippen LogP) is 0.876. The summed E-state index contributed by atoms with van der Waals surface area (Å²) in [6, 6.07) is 7.10. The van der Waals surface area contributed by atoms with E-state index in [4.69, 9.17) is 0 Å². The zero-order chi connectivity index (χ0) is 12.5. The lowest BCUT2D eigenvalue weighted by Crippen LogP contribution is -2.33. The van der Waals surface area contributed by atoms with Gasteiger partial charge in [-0.1, -0.05) is 18.2 Å². The maximum atomic E-state index is 11.9. The first kappa shape index (κ1) is 12.5. The van der Waals surface area contributed by atoms with Crippen LogP contribution < -0.4 is 5.32 Å². The lowest BCUT2D eigenvalue weighted by molar-refractivity contribution is 0.185. The van der Waals surface area contributed by atoms with Crippen molar-refractivity contribution in [2.75, 3.05) is 12.3 Å². The highest BCUT2D eigenvalue weighted by molar-refractivity contribution is 7.91. The second-order valence-corrected chi connectivity index (χ2v) is 6.53. The summed E-state index contributed by atoms with van der Waals surface area (Å²) in [4.78, 5) is 0.425. The Balaban J connectivity index is 2.29. The van der Waals surface area contributed by atoms with Gasteiger partial charge in [-0.3, -0.25) is 0 Å². The summed E-state index contributed by atoms with van der Waals surface area (Å²) in [6.45, 7) is 2.18. The van der Waals surface area contributed by atoms with Crippen molar-refractivity contribution in [1.29, 1.82) is 0 Å². The minimum atomic E-state index is -3.12. The molecule has 0 aromatic heterocycles. The fraction of sp³-hybridized carbons (Fsp3) is 0.500. The van der Waals surface area contributed by atoms with Crippen molar-refractivity contribution in [2.24, 2.45) is 0 Å². The Labute approximate surface area is 102 Å². The molecule has 94 valence electrons. The number of benzene rings is 1. The highest BCUT2D eigenvalue weighted by Crippen LogP contribution is 2.31. The van der Waals surface area contributed by atoms with Crippen LogP contribution in [0.1, 0.15) is 24.9 Å². The first-order chi connectivity index (χ1) is 8.00. The number of hydrogen-bond donors (Lipinski definition) is 2. The number of fused-ring (bicyclic) bond motifs is 1. The average molecular weight is 255 g/mol. The number of sulfone groups is 1. The molecule has 2 N–H and O–H groups in total. The number of aliphatic hydroxyl groups excluding tert-OH is 1. The number of nitrogens with one attached hydrogen (secondary N) is 1. The van der Waals surface area contributed by atoms with Crippen LogP contribution in [0.2, 0.25) is 0 Å². The summed E-state index contributed by atoms with van der Waals surface area (Å²) in [6.07, 6.45) is 0.132. The lowest BCUT2D eigenvalue weighted by atomic mass is 10.0. The Morgan fingerprint density at radius 3 is 2.88 bits per heavy atom. The van der Waals surface area contributed by atoms with Crippen LogP contribution in [-0.2, 0) is 9.84 Å². The van der Waals surface area contributed by atoms with Crippen molar-refractivity contribution in [1.82, 2.24) is 5.32 Å². The van der Waals surface area contributed by atoms with E-state index in [1.54, 1.807) is 19.1 Å². The van der Waals surface area contributed by atoms with E-state index in [2.05, 4.69) is 5.32 Å². The quantitative estimate of drug-likeness (QED) is 0.841. The normalized spacial score (nSPS) is 24.0. The molecule has 0 fully saturated rings. The van der Waals surface area contributed by atoms with Crippen molar-refractivity contribution in [2.45, 2.75) is 30.4 Å². The molecule has 2 atom stereocenters. The van der Waals surface area contributed by atoms with Gasteiger partial charge in [-0.2, -0.15) is 0 Å². The molecule has 2 rings (SSSR count). The van der Waals surface area contributed by atoms with Gasteiger partial charge in [0.25, 0.3) is 0 Å². The van der Waals surface area contributed by atoms with Crippen molar-refractivity contribution in [3.05, 3.63) is 29.8 Å². The molecule has 4 nitrogen and oxygen atoms in total. The predicted molar refractivity (Wildman–Crippen MR) is 65.5 cm³/mol. The molecule has 1 heterocycles.